The average molecular weight is 346 g/mol. The quantitative estimate of drug-likeness (QED) is 0.835. The lowest BCUT2D eigenvalue weighted by atomic mass is 9.92. The van der Waals surface area contributed by atoms with Crippen LogP contribution < -0.4 is 10.5 Å². The molecule has 1 aliphatic rings. The second-order valence-electron chi connectivity index (χ2n) is 5.71. The third kappa shape index (κ3) is 3.30. The fourth-order valence-corrected chi connectivity index (χ4v) is 3.25. The van der Waals surface area contributed by atoms with Crippen LogP contribution in [0.3, 0.4) is 0 Å². The maximum absolute atomic E-state index is 6.09. The lowest BCUT2D eigenvalue weighted by Gasteiger charge is -2.18. The Morgan fingerprint density at radius 1 is 1.05 bits per heavy atom. The van der Waals surface area contributed by atoms with Crippen LogP contribution in [0.1, 0.15) is 42.5 Å². The second-order valence-corrected chi connectivity index (χ2v) is 6.63. The normalized spacial score (nSPS) is 15.4. The molecule has 2 aromatic rings. The Labute approximate surface area is 134 Å². The summed E-state index contributed by atoms with van der Waals surface area (Å²) in [4.78, 5) is 0. The molecule has 110 valence electrons. The van der Waals surface area contributed by atoms with Crippen molar-refractivity contribution in [1.29, 1.82) is 0 Å². The van der Waals surface area contributed by atoms with Crippen molar-refractivity contribution in [2.75, 3.05) is 0 Å². The van der Waals surface area contributed by atoms with Crippen molar-refractivity contribution in [1.82, 2.24) is 0 Å². The zero-order valence-corrected chi connectivity index (χ0v) is 13.8. The summed E-state index contributed by atoms with van der Waals surface area (Å²) in [6.45, 7) is 1.97. The van der Waals surface area contributed by atoms with Crippen LogP contribution in [0.15, 0.2) is 40.9 Å². The molecular weight excluding hydrogens is 326 g/mol. The van der Waals surface area contributed by atoms with Gasteiger partial charge in [-0.25, -0.2) is 0 Å². The molecular formula is C18H20BrNO. The summed E-state index contributed by atoms with van der Waals surface area (Å²) in [5.74, 6) is 1.74. The van der Waals surface area contributed by atoms with E-state index in [1.807, 2.05) is 25.1 Å². The molecule has 0 bridgehead atoms. The maximum Gasteiger partial charge on any atom is 0.132 e. The first-order valence-corrected chi connectivity index (χ1v) is 8.27. The molecule has 0 radical (unpaired) electrons. The first kappa shape index (κ1) is 14.6. The van der Waals surface area contributed by atoms with Gasteiger partial charge in [0.25, 0.3) is 0 Å². The van der Waals surface area contributed by atoms with Crippen molar-refractivity contribution >= 4 is 15.9 Å². The van der Waals surface area contributed by atoms with Crippen LogP contribution in [0, 0.1) is 0 Å². The van der Waals surface area contributed by atoms with Gasteiger partial charge >= 0.3 is 0 Å². The second kappa shape index (κ2) is 6.20. The van der Waals surface area contributed by atoms with Gasteiger partial charge in [-0.3, -0.25) is 0 Å². The van der Waals surface area contributed by atoms with Crippen LogP contribution in [-0.4, -0.2) is 0 Å². The van der Waals surface area contributed by atoms with E-state index >= 15 is 0 Å². The highest BCUT2D eigenvalue weighted by atomic mass is 79.9. The van der Waals surface area contributed by atoms with Crippen molar-refractivity contribution < 1.29 is 4.74 Å². The van der Waals surface area contributed by atoms with Crippen molar-refractivity contribution in [3.63, 3.8) is 0 Å². The number of aryl methyl sites for hydroxylation is 2. The smallest absolute Gasteiger partial charge is 0.132 e. The van der Waals surface area contributed by atoms with E-state index in [0.717, 1.165) is 28.0 Å². The molecule has 3 rings (SSSR count). The molecule has 0 aromatic heterocycles. The highest BCUT2D eigenvalue weighted by molar-refractivity contribution is 9.10. The molecule has 0 spiro atoms. The maximum atomic E-state index is 6.09. The van der Waals surface area contributed by atoms with Gasteiger partial charge < -0.3 is 10.5 Å². The molecule has 0 saturated carbocycles. The standard InChI is InChI=1S/C18H20BrNO/c1-12(20)17-11-15(19)7-9-18(17)21-16-8-6-13-4-2-3-5-14(13)10-16/h6-12H,2-5,20H2,1H3. The average Bonchev–Trinajstić information content (AvgIpc) is 2.49. The summed E-state index contributed by atoms with van der Waals surface area (Å²) in [5, 5.41) is 0. The zero-order valence-electron chi connectivity index (χ0n) is 12.2. The summed E-state index contributed by atoms with van der Waals surface area (Å²) in [6.07, 6.45) is 4.93. The van der Waals surface area contributed by atoms with E-state index in [0.29, 0.717) is 0 Å². The minimum atomic E-state index is -0.0601. The Balaban J connectivity index is 1.90. The van der Waals surface area contributed by atoms with E-state index in [-0.39, 0.29) is 6.04 Å². The molecule has 3 heteroatoms. The predicted molar refractivity (Wildman–Crippen MR) is 89.9 cm³/mol. The Kier molecular flexibility index (Phi) is 4.32. The van der Waals surface area contributed by atoms with Crippen LogP contribution in [0.4, 0.5) is 0 Å². The molecule has 1 atom stereocenters. The number of hydrogen-bond donors (Lipinski definition) is 1. The molecule has 0 amide bonds. The molecule has 1 unspecified atom stereocenters. The van der Waals surface area contributed by atoms with Gasteiger partial charge in [0.1, 0.15) is 11.5 Å². The number of rotatable bonds is 3. The van der Waals surface area contributed by atoms with Crippen molar-refractivity contribution in [3.8, 4) is 11.5 Å². The van der Waals surface area contributed by atoms with Gasteiger partial charge in [0.05, 0.1) is 0 Å². The van der Waals surface area contributed by atoms with Crippen LogP contribution in [0.2, 0.25) is 0 Å². The van der Waals surface area contributed by atoms with Gasteiger partial charge in [-0.2, -0.15) is 0 Å². The van der Waals surface area contributed by atoms with E-state index in [9.17, 15) is 0 Å². The lowest BCUT2D eigenvalue weighted by Crippen LogP contribution is -2.07. The SMILES string of the molecule is CC(N)c1cc(Br)ccc1Oc1ccc2c(c1)CCCC2. The number of halogens is 1. The van der Waals surface area contributed by atoms with E-state index in [1.54, 1.807) is 0 Å². The molecule has 0 fully saturated rings. The Morgan fingerprint density at radius 3 is 2.57 bits per heavy atom. The van der Waals surface area contributed by atoms with Gasteiger partial charge in [-0.1, -0.05) is 22.0 Å². The number of ether oxygens (including phenoxy) is 1. The first-order chi connectivity index (χ1) is 10.1. The van der Waals surface area contributed by atoms with Crippen molar-refractivity contribution in [2.24, 2.45) is 5.73 Å². The third-order valence-electron chi connectivity index (χ3n) is 4.01. The summed E-state index contributed by atoms with van der Waals surface area (Å²) < 4.78 is 7.11. The Hall–Kier alpha value is -1.32. The number of nitrogens with two attached hydrogens (primary N) is 1. The van der Waals surface area contributed by atoms with E-state index in [2.05, 4.69) is 34.1 Å². The lowest BCUT2D eigenvalue weighted by molar-refractivity contribution is 0.470. The molecule has 0 aliphatic heterocycles. The molecule has 0 saturated heterocycles. The summed E-state index contributed by atoms with van der Waals surface area (Å²) in [7, 11) is 0. The fraction of sp³-hybridized carbons (Fsp3) is 0.333. The van der Waals surface area contributed by atoms with Gasteiger partial charge in [-0.15, -0.1) is 0 Å². The molecule has 1 aliphatic carbocycles. The van der Waals surface area contributed by atoms with E-state index in [1.165, 1.54) is 30.4 Å². The van der Waals surface area contributed by atoms with Gasteiger partial charge in [0.2, 0.25) is 0 Å². The molecule has 2 N–H and O–H groups in total. The summed E-state index contributed by atoms with van der Waals surface area (Å²) in [5.41, 5.74) is 9.96. The topological polar surface area (TPSA) is 35.2 Å². The van der Waals surface area contributed by atoms with Crippen LogP contribution in [-0.2, 0) is 12.8 Å². The zero-order chi connectivity index (χ0) is 14.8. The van der Waals surface area contributed by atoms with Crippen LogP contribution >= 0.6 is 15.9 Å². The molecule has 2 aromatic carbocycles. The minimum absolute atomic E-state index is 0.0601. The Bertz CT molecular complexity index is 652. The van der Waals surface area contributed by atoms with E-state index in [4.69, 9.17) is 10.5 Å². The minimum Gasteiger partial charge on any atom is -0.457 e. The molecule has 2 nitrogen and oxygen atoms in total. The highest BCUT2D eigenvalue weighted by Gasteiger charge is 2.13. The summed E-state index contributed by atoms with van der Waals surface area (Å²) >= 11 is 3.49. The monoisotopic (exact) mass is 345 g/mol. The molecule has 0 heterocycles. The number of hydrogen-bond acceptors (Lipinski definition) is 2. The fourth-order valence-electron chi connectivity index (χ4n) is 2.87. The third-order valence-corrected chi connectivity index (χ3v) is 4.50. The largest absolute Gasteiger partial charge is 0.457 e. The van der Waals surface area contributed by atoms with Crippen LogP contribution in [0.25, 0.3) is 0 Å². The van der Waals surface area contributed by atoms with Gasteiger partial charge in [0.15, 0.2) is 0 Å². The number of fused-ring (bicyclic) bond motifs is 1. The highest BCUT2D eigenvalue weighted by Crippen LogP contribution is 2.33. The molecule has 21 heavy (non-hydrogen) atoms. The first-order valence-electron chi connectivity index (χ1n) is 7.48. The predicted octanol–water partition coefficient (Wildman–Crippen LogP) is 5.14. The summed E-state index contributed by atoms with van der Waals surface area (Å²) in [6, 6.07) is 12.4. The Morgan fingerprint density at radius 2 is 1.81 bits per heavy atom. The number of benzene rings is 2. The van der Waals surface area contributed by atoms with Gasteiger partial charge in [0, 0.05) is 16.1 Å². The van der Waals surface area contributed by atoms with Crippen molar-refractivity contribution in [3.05, 3.63) is 57.6 Å². The van der Waals surface area contributed by atoms with Crippen LogP contribution in [0.5, 0.6) is 11.5 Å². The van der Waals surface area contributed by atoms with Crippen molar-refractivity contribution in [2.45, 2.75) is 38.6 Å². The van der Waals surface area contributed by atoms with E-state index < -0.39 is 0 Å². The van der Waals surface area contributed by atoms with Gasteiger partial charge in [-0.05, 0) is 74.1 Å².